The lowest BCUT2D eigenvalue weighted by atomic mass is 10.0. The Labute approximate surface area is 144 Å². The van der Waals surface area contributed by atoms with Crippen LogP contribution in [0.4, 0.5) is 0 Å². The summed E-state index contributed by atoms with van der Waals surface area (Å²) in [6.07, 6.45) is 1.81. The minimum Gasteiger partial charge on any atom is -0.486 e. The molecule has 1 aliphatic carbocycles. The molecule has 2 aromatic rings. The van der Waals surface area contributed by atoms with E-state index in [9.17, 15) is 4.79 Å². The fraction of sp³-hybridized carbons (Fsp3) is 0.316. The average Bonchev–Trinajstić information content (AvgIpc) is 3.27. The maximum absolute atomic E-state index is 12.7. The summed E-state index contributed by atoms with van der Waals surface area (Å²) in [4.78, 5) is 12.7. The number of benzene rings is 2. The van der Waals surface area contributed by atoms with Crippen molar-refractivity contribution in [2.45, 2.75) is 18.4 Å². The topological polar surface area (TPSA) is 66.0 Å². The van der Waals surface area contributed by atoms with E-state index >= 15 is 0 Å². The van der Waals surface area contributed by atoms with E-state index in [1.807, 2.05) is 18.2 Å². The van der Waals surface area contributed by atoms with Gasteiger partial charge in [0.15, 0.2) is 23.0 Å². The third-order valence-electron chi connectivity index (χ3n) is 4.83. The number of rotatable bonds is 3. The van der Waals surface area contributed by atoms with Crippen LogP contribution in [0.2, 0.25) is 0 Å². The summed E-state index contributed by atoms with van der Waals surface area (Å²) in [6.45, 7) is 1.31. The van der Waals surface area contributed by atoms with Crippen molar-refractivity contribution in [2.75, 3.05) is 20.0 Å². The Hall–Kier alpha value is -2.89. The first-order chi connectivity index (χ1) is 12.2. The molecule has 3 aliphatic rings. The minimum atomic E-state index is -0.330. The van der Waals surface area contributed by atoms with Gasteiger partial charge in [-0.1, -0.05) is 6.07 Å². The van der Waals surface area contributed by atoms with Gasteiger partial charge < -0.3 is 24.3 Å². The Bertz CT molecular complexity index is 859. The van der Waals surface area contributed by atoms with Gasteiger partial charge in [0.1, 0.15) is 13.2 Å². The molecule has 1 saturated carbocycles. The smallest absolute Gasteiger partial charge is 0.252 e. The number of carbonyl (C=O) groups excluding carboxylic acids is 1. The normalized spacial score (nSPS) is 18.6. The molecule has 2 aromatic carbocycles. The Kier molecular flexibility index (Phi) is 3.07. The highest BCUT2D eigenvalue weighted by molar-refractivity contribution is 5.95. The van der Waals surface area contributed by atoms with Gasteiger partial charge in [-0.2, -0.15) is 0 Å². The molecule has 128 valence electrons. The van der Waals surface area contributed by atoms with Crippen molar-refractivity contribution in [3.8, 4) is 23.0 Å². The summed E-state index contributed by atoms with van der Waals surface area (Å²) < 4.78 is 21.9. The lowest BCUT2D eigenvalue weighted by molar-refractivity contribution is 0.0930. The van der Waals surface area contributed by atoms with E-state index < -0.39 is 0 Å². The standard InChI is InChI=1S/C19H17NO5/c21-18(12-1-3-15-16(9-12)25-11-24-15)20-19(5-6-19)13-2-4-14-17(10-13)23-8-7-22-14/h1-4,9-10H,5-8,11H2,(H,20,21). The van der Waals surface area contributed by atoms with E-state index in [1.165, 1.54) is 0 Å². The Morgan fingerprint density at radius 3 is 2.36 bits per heavy atom. The molecule has 2 aliphatic heterocycles. The fourth-order valence-corrected chi connectivity index (χ4v) is 3.28. The molecule has 0 atom stereocenters. The van der Waals surface area contributed by atoms with E-state index in [4.69, 9.17) is 18.9 Å². The highest BCUT2D eigenvalue weighted by Gasteiger charge is 2.46. The van der Waals surface area contributed by atoms with Crippen LogP contribution in [0.1, 0.15) is 28.8 Å². The van der Waals surface area contributed by atoms with E-state index in [0.717, 1.165) is 29.9 Å². The molecule has 25 heavy (non-hydrogen) atoms. The van der Waals surface area contributed by atoms with Crippen molar-refractivity contribution in [2.24, 2.45) is 0 Å². The molecule has 1 N–H and O–H groups in total. The molecular weight excluding hydrogens is 322 g/mol. The van der Waals surface area contributed by atoms with Crippen molar-refractivity contribution in [3.63, 3.8) is 0 Å². The number of hydrogen-bond acceptors (Lipinski definition) is 5. The predicted molar refractivity (Wildman–Crippen MR) is 88.4 cm³/mol. The van der Waals surface area contributed by atoms with Crippen LogP contribution in [0.3, 0.4) is 0 Å². The van der Waals surface area contributed by atoms with Gasteiger partial charge in [0, 0.05) is 5.56 Å². The molecule has 6 heteroatoms. The number of amides is 1. The molecule has 0 unspecified atom stereocenters. The molecule has 0 bridgehead atoms. The first kappa shape index (κ1) is 14.5. The predicted octanol–water partition coefficient (Wildman–Crippen LogP) is 2.61. The zero-order chi connectivity index (χ0) is 16.9. The Morgan fingerprint density at radius 2 is 1.52 bits per heavy atom. The van der Waals surface area contributed by atoms with Crippen molar-refractivity contribution in [3.05, 3.63) is 47.5 Å². The molecule has 0 saturated heterocycles. The highest BCUT2D eigenvalue weighted by Crippen LogP contribution is 2.48. The number of carbonyl (C=O) groups is 1. The highest BCUT2D eigenvalue weighted by atomic mass is 16.7. The first-order valence-electron chi connectivity index (χ1n) is 8.36. The molecule has 1 fully saturated rings. The van der Waals surface area contributed by atoms with Gasteiger partial charge in [-0.15, -0.1) is 0 Å². The van der Waals surface area contributed by atoms with Crippen LogP contribution in [0, 0.1) is 0 Å². The molecule has 0 spiro atoms. The lowest BCUT2D eigenvalue weighted by Crippen LogP contribution is -2.35. The summed E-state index contributed by atoms with van der Waals surface area (Å²) in [5.74, 6) is 2.66. The zero-order valence-electron chi connectivity index (χ0n) is 13.5. The van der Waals surface area contributed by atoms with Gasteiger partial charge >= 0.3 is 0 Å². The maximum Gasteiger partial charge on any atom is 0.252 e. The number of fused-ring (bicyclic) bond motifs is 2. The van der Waals surface area contributed by atoms with Crippen LogP contribution >= 0.6 is 0 Å². The SMILES string of the molecule is O=C(NC1(c2ccc3c(c2)OCCO3)CC1)c1ccc2c(c1)OCO2. The summed E-state index contributed by atoms with van der Waals surface area (Å²) in [6, 6.07) is 11.1. The molecule has 5 rings (SSSR count). The average molecular weight is 339 g/mol. The van der Waals surface area contributed by atoms with Crippen LogP contribution in [0.15, 0.2) is 36.4 Å². The number of nitrogens with one attached hydrogen (secondary N) is 1. The minimum absolute atomic E-state index is 0.120. The van der Waals surface area contributed by atoms with Gasteiger partial charge in [0.25, 0.3) is 5.91 Å². The van der Waals surface area contributed by atoms with Crippen molar-refractivity contribution in [1.29, 1.82) is 0 Å². The maximum atomic E-state index is 12.7. The van der Waals surface area contributed by atoms with Gasteiger partial charge in [-0.3, -0.25) is 4.79 Å². The summed E-state index contributed by atoms with van der Waals surface area (Å²) in [5, 5.41) is 3.17. The Balaban J connectivity index is 1.39. The van der Waals surface area contributed by atoms with Crippen LogP contribution in [-0.4, -0.2) is 25.9 Å². The summed E-state index contributed by atoms with van der Waals surface area (Å²) in [5.41, 5.74) is 1.28. The molecular formula is C19H17NO5. The zero-order valence-corrected chi connectivity index (χ0v) is 13.5. The van der Waals surface area contributed by atoms with E-state index in [2.05, 4.69) is 5.32 Å². The van der Waals surface area contributed by atoms with E-state index in [0.29, 0.717) is 30.3 Å². The molecule has 6 nitrogen and oxygen atoms in total. The largest absolute Gasteiger partial charge is 0.486 e. The van der Waals surface area contributed by atoms with Crippen molar-refractivity contribution in [1.82, 2.24) is 5.32 Å². The molecule has 0 aromatic heterocycles. The number of ether oxygens (including phenoxy) is 4. The van der Waals surface area contributed by atoms with Gasteiger partial charge in [0.05, 0.1) is 5.54 Å². The third-order valence-corrected chi connectivity index (χ3v) is 4.83. The molecule has 1 amide bonds. The molecule has 2 heterocycles. The summed E-state index contributed by atoms with van der Waals surface area (Å²) in [7, 11) is 0. The summed E-state index contributed by atoms with van der Waals surface area (Å²) >= 11 is 0. The second kappa shape index (κ2) is 5.31. The van der Waals surface area contributed by atoms with Crippen LogP contribution in [-0.2, 0) is 5.54 Å². The first-order valence-corrected chi connectivity index (χ1v) is 8.36. The van der Waals surface area contributed by atoms with Crippen molar-refractivity contribution < 1.29 is 23.7 Å². The van der Waals surface area contributed by atoms with Crippen LogP contribution in [0.5, 0.6) is 23.0 Å². The quantitative estimate of drug-likeness (QED) is 0.931. The van der Waals surface area contributed by atoms with Gasteiger partial charge in [-0.05, 0) is 48.7 Å². The third kappa shape index (κ3) is 2.45. The van der Waals surface area contributed by atoms with Crippen molar-refractivity contribution >= 4 is 5.91 Å². The van der Waals surface area contributed by atoms with Gasteiger partial charge in [-0.25, -0.2) is 0 Å². The van der Waals surface area contributed by atoms with Crippen LogP contribution in [0.25, 0.3) is 0 Å². The van der Waals surface area contributed by atoms with Gasteiger partial charge in [0.2, 0.25) is 6.79 Å². The van der Waals surface area contributed by atoms with Crippen LogP contribution < -0.4 is 24.3 Å². The fourth-order valence-electron chi connectivity index (χ4n) is 3.28. The van der Waals surface area contributed by atoms with E-state index in [-0.39, 0.29) is 18.2 Å². The van der Waals surface area contributed by atoms with E-state index in [1.54, 1.807) is 18.2 Å². The lowest BCUT2D eigenvalue weighted by Gasteiger charge is -2.23. The monoisotopic (exact) mass is 339 g/mol. The number of hydrogen-bond donors (Lipinski definition) is 1. The molecule has 0 radical (unpaired) electrons. The Morgan fingerprint density at radius 1 is 0.840 bits per heavy atom. The second-order valence-corrected chi connectivity index (χ2v) is 6.46. The second-order valence-electron chi connectivity index (χ2n) is 6.46.